The molecule has 3 saturated heterocycles. The summed E-state index contributed by atoms with van der Waals surface area (Å²) < 4.78 is 0. The number of nitrogens with one attached hydrogen (secondary N) is 2. The Morgan fingerprint density at radius 2 is 1.77 bits per heavy atom. The van der Waals surface area contributed by atoms with Crippen molar-refractivity contribution >= 4 is 5.91 Å². The minimum absolute atomic E-state index is 0.191. The van der Waals surface area contributed by atoms with E-state index in [2.05, 4.69) is 50.8 Å². The Labute approximate surface area is 182 Å². The zero-order chi connectivity index (χ0) is 20.6. The molecule has 3 aliphatic heterocycles. The average molecular weight is 413 g/mol. The molecule has 1 atom stereocenters. The maximum absolute atomic E-state index is 12.8. The third-order valence-electron chi connectivity index (χ3n) is 7.48. The van der Waals surface area contributed by atoms with Crippen LogP contribution in [0.2, 0.25) is 0 Å². The van der Waals surface area contributed by atoms with Crippen LogP contribution in [-0.2, 0) is 11.2 Å². The van der Waals surface area contributed by atoms with Crippen molar-refractivity contribution in [2.75, 3.05) is 52.4 Å². The van der Waals surface area contributed by atoms with Crippen LogP contribution in [0.15, 0.2) is 30.3 Å². The van der Waals surface area contributed by atoms with Crippen LogP contribution in [0.25, 0.3) is 0 Å². The highest BCUT2D eigenvalue weighted by Crippen LogP contribution is 2.24. The summed E-state index contributed by atoms with van der Waals surface area (Å²) in [6, 6.07) is 11.5. The number of benzene rings is 1. The van der Waals surface area contributed by atoms with E-state index in [0.717, 1.165) is 39.0 Å². The van der Waals surface area contributed by atoms with Crippen LogP contribution in [0.4, 0.5) is 0 Å². The zero-order valence-corrected chi connectivity index (χ0v) is 18.5. The molecule has 2 N–H and O–H groups in total. The Morgan fingerprint density at radius 1 is 1.00 bits per heavy atom. The Balaban J connectivity index is 1.17. The number of nitrogens with zero attached hydrogens (tertiary/aromatic N) is 2. The van der Waals surface area contributed by atoms with Gasteiger partial charge in [-0.2, -0.15) is 0 Å². The van der Waals surface area contributed by atoms with Crippen LogP contribution >= 0.6 is 0 Å². The van der Waals surface area contributed by atoms with Crippen LogP contribution in [-0.4, -0.2) is 74.1 Å². The molecule has 0 spiro atoms. The van der Waals surface area contributed by atoms with Crippen molar-refractivity contribution in [1.29, 1.82) is 0 Å². The van der Waals surface area contributed by atoms with Crippen LogP contribution < -0.4 is 10.6 Å². The first-order valence-corrected chi connectivity index (χ1v) is 12.3. The molecule has 3 fully saturated rings. The monoisotopic (exact) mass is 412 g/mol. The molecule has 1 aromatic carbocycles. The van der Waals surface area contributed by atoms with E-state index in [1.807, 2.05) is 0 Å². The van der Waals surface area contributed by atoms with Crippen molar-refractivity contribution in [3.63, 3.8) is 0 Å². The lowest BCUT2D eigenvalue weighted by atomic mass is 9.92. The highest BCUT2D eigenvalue weighted by molar-refractivity contribution is 5.79. The van der Waals surface area contributed by atoms with Gasteiger partial charge in [0.15, 0.2) is 0 Å². The van der Waals surface area contributed by atoms with Crippen molar-refractivity contribution < 1.29 is 4.79 Å². The quantitative estimate of drug-likeness (QED) is 0.723. The maximum atomic E-state index is 12.8. The van der Waals surface area contributed by atoms with E-state index >= 15 is 0 Å². The molecule has 0 aliphatic carbocycles. The van der Waals surface area contributed by atoms with Gasteiger partial charge in [-0.25, -0.2) is 0 Å². The smallest absolute Gasteiger partial charge is 0.224 e. The molecule has 0 radical (unpaired) electrons. The van der Waals surface area contributed by atoms with E-state index in [4.69, 9.17) is 0 Å². The van der Waals surface area contributed by atoms with E-state index in [1.54, 1.807) is 0 Å². The summed E-state index contributed by atoms with van der Waals surface area (Å²) in [6.45, 7) is 8.76. The molecule has 1 aromatic rings. The SMILES string of the molecule is O=C(NCC1CCNCC1)[C@@H]1CCCN(C2CCN(CCc3ccccc3)CC2)C1. The minimum atomic E-state index is 0.191. The molecule has 0 saturated carbocycles. The molecule has 0 bridgehead atoms. The number of rotatable bonds is 7. The van der Waals surface area contributed by atoms with Crippen LogP contribution in [0.3, 0.4) is 0 Å². The van der Waals surface area contributed by atoms with Crippen molar-refractivity contribution in [3.05, 3.63) is 35.9 Å². The van der Waals surface area contributed by atoms with Gasteiger partial charge < -0.3 is 15.5 Å². The number of carbonyl (C=O) groups excluding carboxylic acids is 1. The molecular weight excluding hydrogens is 372 g/mol. The van der Waals surface area contributed by atoms with Crippen LogP contribution in [0, 0.1) is 11.8 Å². The fourth-order valence-electron chi connectivity index (χ4n) is 5.47. The highest BCUT2D eigenvalue weighted by Gasteiger charge is 2.31. The lowest BCUT2D eigenvalue weighted by Gasteiger charge is -2.42. The Bertz CT molecular complexity index is 638. The number of hydrogen-bond donors (Lipinski definition) is 2. The van der Waals surface area contributed by atoms with Crippen molar-refractivity contribution in [2.45, 2.75) is 51.0 Å². The van der Waals surface area contributed by atoms with E-state index < -0.39 is 0 Å². The first-order valence-electron chi connectivity index (χ1n) is 12.3. The topological polar surface area (TPSA) is 47.6 Å². The summed E-state index contributed by atoms with van der Waals surface area (Å²) in [5.41, 5.74) is 1.44. The third kappa shape index (κ3) is 6.29. The molecule has 1 amide bonds. The largest absolute Gasteiger partial charge is 0.356 e. The summed E-state index contributed by atoms with van der Waals surface area (Å²) >= 11 is 0. The number of likely N-dealkylation sites (tertiary alicyclic amines) is 2. The molecule has 5 nitrogen and oxygen atoms in total. The Morgan fingerprint density at radius 3 is 2.53 bits per heavy atom. The molecule has 4 rings (SSSR count). The predicted molar refractivity (Wildman–Crippen MR) is 123 cm³/mol. The number of hydrogen-bond acceptors (Lipinski definition) is 4. The van der Waals surface area contributed by atoms with Gasteiger partial charge in [-0.05, 0) is 89.2 Å². The average Bonchev–Trinajstić information content (AvgIpc) is 2.83. The molecule has 5 heteroatoms. The Hall–Kier alpha value is -1.43. The molecule has 0 aromatic heterocycles. The van der Waals surface area contributed by atoms with Gasteiger partial charge in [-0.3, -0.25) is 9.69 Å². The van der Waals surface area contributed by atoms with Crippen LogP contribution in [0.5, 0.6) is 0 Å². The van der Waals surface area contributed by atoms with Gasteiger partial charge in [0.1, 0.15) is 0 Å². The Kier molecular flexibility index (Phi) is 8.18. The van der Waals surface area contributed by atoms with E-state index in [0.29, 0.717) is 17.9 Å². The van der Waals surface area contributed by atoms with E-state index in [1.165, 1.54) is 63.8 Å². The lowest BCUT2D eigenvalue weighted by Crippen LogP contribution is -2.51. The van der Waals surface area contributed by atoms with Gasteiger partial charge in [0, 0.05) is 25.7 Å². The van der Waals surface area contributed by atoms with E-state index in [9.17, 15) is 4.79 Å². The second kappa shape index (κ2) is 11.3. The normalized spacial score (nSPS) is 25.3. The molecule has 0 unspecified atom stereocenters. The fourth-order valence-corrected chi connectivity index (χ4v) is 5.47. The van der Waals surface area contributed by atoms with Gasteiger partial charge in [0.2, 0.25) is 5.91 Å². The summed E-state index contributed by atoms with van der Waals surface area (Å²) in [4.78, 5) is 18.0. The maximum Gasteiger partial charge on any atom is 0.224 e. The van der Waals surface area contributed by atoms with Gasteiger partial charge in [0.25, 0.3) is 0 Å². The second-order valence-electron chi connectivity index (χ2n) is 9.58. The van der Waals surface area contributed by atoms with Crippen molar-refractivity contribution in [3.8, 4) is 0 Å². The number of carbonyl (C=O) groups is 1. The summed E-state index contributed by atoms with van der Waals surface area (Å²) in [5, 5.41) is 6.69. The number of piperidine rings is 3. The highest BCUT2D eigenvalue weighted by atomic mass is 16.1. The van der Waals surface area contributed by atoms with Gasteiger partial charge >= 0.3 is 0 Å². The lowest BCUT2D eigenvalue weighted by molar-refractivity contribution is -0.127. The predicted octanol–water partition coefficient (Wildman–Crippen LogP) is 2.52. The molecule has 30 heavy (non-hydrogen) atoms. The first kappa shape index (κ1) is 21.8. The van der Waals surface area contributed by atoms with Gasteiger partial charge in [-0.1, -0.05) is 30.3 Å². The third-order valence-corrected chi connectivity index (χ3v) is 7.48. The zero-order valence-electron chi connectivity index (χ0n) is 18.5. The van der Waals surface area contributed by atoms with Crippen molar-refractivity contribution in [1.82, 2.24) is 20.4 Å². The van der Waals surface area contributed by atoms with E-state index in [-0.39, 0.29) is 5.92 Å². The summed E-state index contributed by atoms with van der Waals surface area (Å²) in [5.74, 6) is 1.16. The fraction of sp³-hybridized carbons (Fsp3) is 0.720. The number of amides is 1. The molecular formula is C25H40N4O. The molecule has 3 aliphatic rings. The second-order valence-corrected chi connectivity index (χ2v) is 9.58. The summed E-state index contributed by atoms with van der Waals surface area (Å²) in [7, 11) is 0. The molecule has 3 heterocycles. The molecule has 166 valence electrons. The minimum Gasteiger partial charge on any atom is -0.356 e. The van der Waals surface area contributed by atoms with Gasteiger partial charge in [0.05, 0.1) is 5.92 Å². The summed E-state index contributed by atoms with van der Waals surface area (Å²) in [6.07, 6.45) is 8.26. The first-order chi connectivity index (χ1) is 14.8. The van der Waals surface area contributed by atoms with Crippen LogP contribution in [0.1, 0.15) is 44.1 Å². The van der Waals surface area contributed by atoms with Gasteiger partial charge in [-0.15, -0.1) is 0 Å². The van der Waals surface area contributed by atoms with Crippen molar-refractivity contribution in [2.24, 2.45) is 11.8 Å². The standard InChI is InChI=1S/C25H40N4O/c30-25(27-19-22-8-13-26-14-9-22)23-7-4-15-29(20-23)24-11-17-28(18-12-24)16-10-21-5-2-1-3-6-21/h1-3,5-6,22-24,26H,4,7-20H2,(H,27,30)/t23-/m1/s1.